The molecule has 0 radical (unpaired) electrons. The Labute approximate surface area is 161 Å². The molecule has 28 heavy (non-hydrogen) atoms. The summed E-state index contributed by atoms with van der Waals surface area (Å²) in [5, 5.41) is 4.01. The number of amides is 1. The molecule has 1 aliphatic rings. The highest BCUT2D eigenvalue weighted by atomic mass is 16.5. The lowest BCUT2D eigenvalue weighted by Crippen LogP contribution is -2.39. The number of benzene rings is 1. The lowest BCUT2D eigenvalue weighted by atomic mass is 10.2. The summed E-state index contributed by atoms with van der Waals surface area (Å²) >= 11 is 0. The number of carbonyl (C=O) groups excluding carboxylic acids is 1. The maximum Gasteiger partial charge on any atom is 0.271 e. The predicted octanol–water partition coefficient (Wildman–Crippen LogP) is 1.29. The number of nitrogens with zero attached hydrogens (tertiary/aromatic N) is 4. The van der Waals surface area contributed by atoms with Crippen LogP contribution in [0.15, 0.2) is 64.6 Å². The number of hydrazone groups is 1. The van der Waals surface area contributed by atoms with Crippen molar-refractivity contribution in [3.05, 3.63) is 76.2 Å². The second kappa shape index (κ2) is 8.01. The van der Waals surface area contributed by atoms with Gasteiger partial charge in [0.2, 0.25) is 0 Å². The molecule has 1 saturated heterocycles. The molecule has 0 bridgehead atoms. The maximum absolute atomic E-state index is 13.0. The number of hydrogen-bond donors (Lipinski definition) is 1. The largest absolute Gasteiger partial charge is 0.378 e. The Hall–Kier alpha value is -3.52. The van der Waals surface area contributed by atoms with Crippen LogP contribution in [-0.2, 0) is 4.74 Å². The molecule has 1 aliphatic heterocycles. The fourth-order valence-electron chi connectivity index (χ4n) is 3.03. The minimum absolute atomic E-state index is 0.246. The van der Waals surface area contributed by atoms with Crippen LogP contribution < -0.4 is 15.9 Å². The number of aromatic nitrogens is 2. The van der Waals surface area contributed by atoms with Gasteiger partial charge in [-0.05, 0) is 24.3 Å². The zero-order valence-corrected chi connectivity index (χ0v) is 15.1. The predicted molar refractivity (Wildman–Crippen MR) is 106 cm³/mol. The summed E-state index contributed by atoms with van der Waals surface area (Å²) in [4.78, 5) is 31.8. The number of carbonyl (C=O) groups is 1. The smallest absolute Gasteiger partial charge is 0.271 e. The standard InChI is InChI=1S/C20H19N5O3/c26-19(15-6-2-1-3-7-15)23-21-14-16-18(24-10-12-28-13-11-24)22-17-8-4-5-9-25(17)20(16)27/h1-9,14H,10-13H2,(H,23,26)/b21-14+. The topological polar surface area (TPSA) is 88.3 Å². The second-order valence-electron chi connectivity index (χ2n) is 6.25. The van der Waals surface area contributed by atoms with E-state index in [0.717, 1.165) is 0 Å². The first-order chi connectivity index (χ1) is 13.7. The van der Waals surface area contributed by atoms with Gasteiger partial charge in [0.15, 0.2) is 0 Å². The highest BCUT2D eigenvalue weighted by Crippen LogP contribution is 2.16. The number of nitrogens with one attached hydrogen (secondary N) is 1. The van der Waals surface area contributed by atoms with Gasteiger partial charge >= 0.3 is 0 Å². The Balaban J connectivity index is 1.69. The van der Waals surface area contributed by atoms with Crippen LogP contribution in [0.2, 0.25) is 0 Å². The Kier molecular flexibility index (Phi) is 5.11. The van der Waals surface area contributed by atoms with Gasteiger partial charge in [0, 0.05) is 24.8 Å². The molecular weight excluding hydrogens is 358 g/mol. The van der Waals surface area contributed by atoms with E-state index in [0.29, 0.717) is 48.9 Å². The van der Waals surface area contributed by atoms with Crippen LogP contribution in [-0.4, -0.2) is 47.8 Å². The lowest BCUT2D eigenvalue weighted by molar-refractivity contribution is 0.0955. The van der Waals surface area contributed by atoms with Gasteiger partial charge in [-0.25, -0.2) is 10.4 Å². The summed E-state index contributed by atoms with van der Waals surface area (Å²) in [6.45, 7) is 2.40. The summed E-state index contributed by atoms with van der Waals surface area (Å²) in [5.41, 5.74) is 3.58. The van der Waals surface area contributed by atoms with E-state index in [1.807, 2.05) is 17.0 Å². The number of pyridine rings is 1. The number of ether oxygens (including phenoxy) is 1. The quantitative estimate of drug-likeness (QED) is 0.547. The number of hydrogen-bond acceptors (Lipinski definition) is 6. The Morgan fingerprint density at radius 1 is 1.11 bits per heavy atom. The maximum atomic E-state index is 13.0. The van der Waals surface area contributed by atoms with Crippen molar-refractivity contribution in [3.8, 4) is 0 Å². The van der Waals surface area contributed by atoms with E-state index in [9.17, 15) is 9.59 Å². The van der Waals surface area contributed by atoms with E-state index >= 15 is 0 Å². The molecule has 1 fully saturated rings. The third-order valence-electron chi connectivity index (χ3n) is 4.46. The molecule has 0 atom stereocenters. The first kappa shape index (κ1) is 17.9. The van der Waals surface area contributed by atoms with Crippen molar-refractivity contribution in [2.24, 2.45) is 5.10 Å². The van der Waals surface area contributed by atoms with E-state index in [1.54, 1.807) is 42.6 Å². The first-order valence-electron chi connectivity index (χ1n) is 8.96. The minimum Gasteiger partial charge on any atom is -0.378 e. The van der Waals surface area contributed by atoms with Crippen LogP contribution in [0.1, 0.15) is 15.9 Å². The van der Waals surface area contributed by atoms with Crippen LogP contribution in [0.3, 0.4) is 0 Å². The number of anilines is 1. The fraction of sp³-hybridized carbons (Fsp3) is 0.200. The molecule has 2 aromatic heterocycles. The summed E-state index contributed by atoms with van der Waals surface area (Å²) in [6.07, 6.45) is 3.02. The molecule has 0 spiro atoms. The Bertz CT molecular complexity index is 1070. The third kappa shape index (κ3) is 3.63. The normalized spacial score (nSPS) is 14.5. The number of morpholine rings is 1. The molecule has 1 N–H and O–H groups in total. The monoisotopic (exact) mass is 377 g/mol. The van der Waals surface area contributed by atoms with Crippen LogP contribution in [0, 0.1) is 0 Å². The van der Waals surface area contributed by atoms with Crippen molar-refractivity contribution in [3.63, 3.8) is 0 Å². The van der Waals surface area contributed by atoms with E-state index < -0.39 is 0 Å². The highest BCUT2D eigenvalue weighted by Gasteiger charge is 2.19. The number of rotatable bonds is 4. The molecule has 8 nitrogen and oxygen atoms in total. The van der Waals surface area contributed by atoms with Gasteiger partial charge in [0.05, 0.1) is 19.4 Å². The fourth-order valence-corrected chi connectivity index (χ4v) is 3.03. The van der Waals surface area contributed by atoms with Gasteiger partial charge in [0.25, 0.3) is 11.5 Å². The van der Waals surface area contributed by atoms with Crippen molar-refractivity contribution in [1.82, 2.24) is 14.8 Å². The average molecular weight is 377 g/mol. The van der Waals surface area contributed by atoms with Crippen molar-refractivity contribution in [1.29, 1.82) is 0 Å². The molecule has 0 aliphatic carbocycles. The summed E-state index contributed by atoms with van der Waals surface area (Å²) in [6, 6.07) is 14.1. The zero-order chi connectivity index (χ0) is 19.3. The highest BCUT2D eigenvalue weighted by molar-refractivity contribution is 5.95. The molecule has 3 heterocycles. The van der Waals surface area contributed by atoms with Crippen LogP contribution in [0.25, 0.3) is 5.65 Å². The molecule has 4 rings (SSSR count). The third-order valence-corrected chi connectivity index (χ3v) is 4.46. The van der Waals surface area contributed by atoms with Gasteiger partial charge in [-0.3, -0.25) is 14.0 Å². The molecule has 142 valence electrons. The molecule has 1 aromatic carbocycles. The van der Waals surface area contributed by atoms with Gasteiger partial charge in [0.1, 0.15) is 17.0 Å². The zero-order valence-electron chi connectivity index (χ0n) is 15.1. The van der Waals surface area contributed by atoms with Crippen LogP contribution >= 0.6 is 0 Å². The van der Waals surface area contributed by atoms with Crippen molar-refractivity contribution >= 4 is 23.6 Å². The van der Waals surface area contributed by atoms with Gasteiger partial charge in [-0.2, -0.15) is 5.10 Å². The van der Waals surface area contributed by atoms with Crippen molar-refractivity contribution in [2.75, 3.05) is 31.2 Å². The average Bonchev–Trinajstić information content (AvgIpc) is 2.76. The van der Waals surface area contributed by atoms with Gasteiger partial charge in [-0.15, -0.1) is 0 Å². The molecule has 0 unspecified atom stereocenters. The summed E-state index contributed by atoms with van der Waals surface area (Å²) in [7, 11) is 0. The first-order valence-corrected chi connectivity index (χ1v) is 8.96. The van der Waals surface area contributed by atoms with Crippen molar-refractivity contribution < 1.29 is 9.53 Å². The molecule has 8 heteroatoms. The van der Waals surface area contributed by atoms with E-state index in [1.165, 1.54) is 10.6 Å². The van der Waals surface area contributed by atoms with Crippen LogP contribution in [0.4, 0.5) is 5.82 Å². The molecule has 1 amide bonds. The van der Waals surface area contributed by atoms with E-state index in [4.69, 9.17) is 4.74 Å². The molecular formula is C20H19N5O3. The lowest BCUT2D eigenvalue weighted by Gasteiger charge is -2.28. The summed E-state index contributed by atoms with van der Waals surface area (Å²) in [5.74, 6) is 0.191. The van der Waals surface area contributed by atoms with Gasteiger partial charge in [-0.1, -0.05) is 24.3 Å². The second-order valence-corrected chi connectivity index (χ2v) is 6.25. The summed E-state index contributed by atoms with van der Waals surface area (Å²) < 4.78 is 6.86. The minimum atomic E-state index is -0.348. The van der Waals surface area contributed by atoms with Crippen LogP contribution in [0.5, 0.6) is 0 Å². The van der Waals surface area contributed by atoms with E-state index in [2.05, 4.69) is 15.5 Å². The van der Waals surface area contributed by atoms with E-state index in [-0.39, 0.29) is 11.5 Å². The Morgan fingerprint density at radius 2 is 1.86 bits per heavy atom. The molecule has 3 aromatic rings. The SMILES string of the molecule is O=C(N/N=C/c1c(N2CCOCC2)nc2ccccn2c1=O)c1ccccc1. The molecule has 0 saturated carbocycles. The van der Waals surface area contributed by atoms with Crippen molar-refractivity contribution in [2.45, 2.75) is 0 Å². The Morgan fingerprint density at radius 3 is 2.64 bits per heavy atom. The number of fused-ring (bicyclic) bond motifs is 1. The van der Waals surface area contributed by atoms with Gasteiger partial charge < -0.3 is 9.64 Å².